The van der Waals surface area contributed by atoms with E-state index in [0.717, 1.165) is 22.2 Å². The van der Waals surface area contributed by atoms with E-state index in [-0.39, 0.29) is 5.82 Å². The molecule has 0 atom stereocenters. The molecule has 1 N–H and O–H groups in total. The van der Waals surface area contributed by atoms with Crippen molar-refractivity contribution in [2.45, 2.75) is 0 Å². The maximum atomic E-state index is 14.2. The van der Waals surface area contributed by atoms with Crippen molar-refractivity contribution in [1.82, 2.24) is 9.97 Å². The van der Waals surface area contributed by atoms with Crippen LogP contribution in [0.4, 0.5) is 4.39 Å². The standard InChI is InChI=1S/C17H10ClFN2/c18-12-6-7-13(19)16-11(9-20-17(12)16)15-8-5-10-3-1-2-4-14(10)21-15/h1-9,20H. The summed E-state index contributed by atoms with van der Waals surface area (Å²) >= 11 is 6.11. The van der Waals surface area contributed by atoms with E-state index in [4.69, 9.17) is 11.6 Å². The van der Waals surface area contributed by atoms with E-state index >= 15 is 0 Å². The van der Waals surface area contributed by atoms with Gasteiger partial charge in [0.1, 0.15) is 5.82 Å². The number of nitrogens with zero attached hydrogens (tertiary/aromatic N) is 1. The van der Waals surface area contributed by atoms with E-state index in [1.807, 2.05) is 36.4 Å². The number of hydrogen-bond acceptors (Lipinski definition) is 1. The summed E-state index contributed by atoms with van der Waals surface area (Å²) in [6.07, 6.45) is 1.75. The van der Waals surface area contributed by atoms with Crippen molar-refractivity contribution in [2.24, 2.45) is 0 Å². The first kappa shape index (κ1) is 12.4. The minimum absolute atomic E-state index is 0.305. The van der Waals surface area contributed by atoms with Crippen molar-refractivity contribution >= 4 is 33.4 Å². The Morgan fingerprint density at radius 2 is 1.86 bits per heavy atom. The van der Waals surface area contributed by atoms with Crippen LogP contribution in [0.3, 0.4) is 0 Å². The fourth-order valence-electron chi connectivity index (χ4n) is 2.59. The lowest BCUT2D eigenvalue weighted by molar-refractivity contribution is 0.640. The van der Waals surface area contributed by atoms with Gasteiger partial charge in [-0.3, -0.25) is 0 Å². The van der Waals surface area contributed by atoms with Crippen LogP contribution in [0, 0.1) is 5.82 Å². The van der Waals surface area contributed by atoms with Crippen molar-refractivity contribution < 1.29 is 4.39 Å². The Labute approximate surface area is 125 Å². The molecule has 0 aliphatic rings. The molecule has 2 aromatic carbocycles. The Morgan fingerprint density at radius 3 is 2.76 bits per heavy atom. The van der Waals surface area contributed by atoms with Crippen LogP contribution >= 0.6 is 11.6 Å². The highest BCUT2D eigenvalue weighted by Crippen LogP contribution is 2.33. The van der Waals surface area contributed by atoms with Gasteiger partial charge in [-0.05, 0) is 24.3 Å². The average molecular weight is 297 g/mol. The molecule has 21 heavy (non-hydrogen) atoms. The van der Waals surface area contributed by atoms with Gasteiger partial charge >= 0.3 is 0 Å². The highest BCUT2D eigenvalue weighted by atomic mass is 35.5. The second kappa shape index (κ2) is 4.57. The predicted molar refractivity (Wildman–Crippen MR) is 84.0 cm³/mol. The summed E-state index contributed by atoms with van der Waals surface area (Å²) < 4.78 is 14.2. The molecule has 0 amide bonds. The van der Waals surface area contributed by atoms with Gasteiger partial charge in [-0.2, -0.15) is 0 Å². The van der Waals surface area contributed by atoms with Crippen LogP contribution in [0.5, 0.6) is 0 Å². The van der Waals surface area contributed by atoms with E-state index in [1.54, 1.807) is 12.3 Å². The second-order valence-electron chi connectivity index (χ2n) is 4.87. The molecule has 0 saturated carbocycles. The molecule has 0 fully saturated rings. The van der Waals surface area contributed by atoms with Crippen LogP contribution in [-0.2, 0) is 0 Å². The molecule has 2 aromatic heterocycles. The molecule has 0 radical (unpaired) electrons. The minimum atomic E-state index is -0.305. The van der Waals surface area contributed by atoms with E-state index < -0.39 is 0 Å². The summed E-state index contributed by atoms with van der Waals surface area (Å²) in [5.74, 6) is -0.305. The van der Waals surface area contributed by atoms with Gasteiger partial charge in [0.15, 0.2) is 0 Å². The monoisotopic (exact) mass is 296 g/mol. The lowest BCUT2D eigenvalue weighted by Gasteiger charge is -2.03. The largest absolute Gasteiger partial charge is 0.359 e. The predicted octanol–water partition coefficient (Wildman–Crippen LogP) is 5.18. The summed E-state index contributed by atoms with van der Waals surface area (Å²) in [6, 6.07) is 14.6. The van der Waals surface area contributed by atoms with Gasteiger partial charge in [0, 0.05) is 22.5 Å². The van der Waals surface area contributed by atoms with Gasteiger partial charge in [0.2, 0.25) is 0 Å². The van der Waals surface area contributed by atoms with E-state index in [1.165, 1.54) is 6.07 Å². The average Bonchev–Trinajstić information content (AvgIpc) is 2.97. The lowest BCUT2D eigenvalue weighted by atomic mass is 10.1. The fraction of sp³-hybridized carbons (Fsp3) is 0. The number of fused-ring (bicyclic) bond motifs is 2. The van der Waals surface area contributed by atoms with Gasteiger partial charge in [-0.25, -0.2) is 9.37 Å². The Balaban J connectivity index is 2.02. The van der Waals surface area contributed by atoms with Crippen LogP contribution < -0.4 is 0 Å². The number of para-hydroxylation sites is 1. The normalized spacial score (nSPS) is 11.3. The highest BCUT2D eigenvalue weighted by molar-refractivity contribution is 6.35. The molecule has 102 valence electrons. The number of pyridine rings is 1. The third kappa shape index (κ3) is 1.89. The zero-order valence-electron chi connectivity index (χ0n) is 10.9. The van der Waals surface area contributed by atoms with Gasteiger partial charge in [0.05, 0.1) is 21.7 Å². The van der Waals surface area contributed by atoms with Gasteiger partial charge in [-0.1, -0.05) is 35.9 Å². The molecule has 0 spiro atoms. The summed E-state index contributed by atoms with van der Waals surface area (Å²) in [4.78, 5) is 7.64. The summed E-state index contributed by atoms with van der Waals surface area (Å²) in [6.45, 7) is 0. The van der Waals surface area contributed by atoms with Crippen molar-refractivity contribution in [2.75, 3.05) is 0 Å². The maximum absolute atomic E-state index is 14.2. The molecule has 4 rings (SSSR count). The topological polar surface area (TPSA) is 28.7 Å². The first-order valence-electron chi connectivity index (χ1n) is 6.55. The van der Waals surface area contributed by atoms with Crippen LogP contribution in [0.1, 0.15) is 0 Å². The minimum Gasteiger partial charge on any atom is -0.359 e. The quantitative estimate of drug-likeness (QED) is 0.515. The molecular formula is C17H10ClFN2. The van der Waals surface area contributed by atoms with Gasteiger partial charge in [0.25, 0.3) is 0 Å². The number of nitrogens with one attached hydrogen (secondary N) is 1. The Hall–Kier alpha value is -2.39. The van der Waals surface area contributed by atoms with E-state index in [0.29, 0.717) is 15.9 Å². The molecule has 4 aromatic rings. The van der Waals surface area contributed by atoms with Crippen LogP contribution in [0.15, 0.2) is 54.7 Å². The summed E-state index contributed by atoms with van der Waals surface area (Å²) in [7, 11) is 0. The first-order chi connectivity index (χ1) is 10.2. The molecular weight excluding hydrogens is 287 g/mol. The number of halogens is 2. The maximum Gasteiger partial charge on any atom is 0.133 e. The van der Waals surface area contributed by atoms with Crippen molar-refractivity contribution in [3.05, 3.63) is 65.6 Å². The molecule has 0 bridgehead atoms. The lowest BCUT2D eigenvalue weighted by Crippen LogP contribution is -1.85. The third-order valence-electron chi connectivity index (χ3n) is 3.61. The second-order valence-corrected chi connectivity index (χ2v) is 5.28. The number of aromatic nitrogens is 2. The molecule has 0 unspecified atom stereocenters. The number of rotatable bonds is 1. The van der Waals surface area contributed by atoms with Crippen molar-refractivity contribution in [3.8, 4) is 11.3 Å². The van der Waals surface area contributed by atoms with E-state index in [2.05, 4.69) is 9.97 Å². The molecule has 2 nitrogen and oxygen atoms in total. The van der Waals surface area contributed by atoms with Crippen molar-refractivity contribution in [3.63, 3.8) is 0 Å². The number of benzene rings is 2. The zero-order valence-corrected chi connectivity index (χ0v) is 11.7. The first-order valence-corrected chi connectivity index (χ1v) is 6.93. The molecule has 0 aliphatic carbocycles. The summed E-state index contributed by atoms with van der Waals surface area (Å²) in [5.41, 5.74) is 2.92. The Bertz CT molecular complexity index is 975. The molecule has 2 heterocycles. The van der Waals surface area contributed by atoms with Crippen LogP contribution in [0.2, 0.25) is 5.02 Å². The van der Waals surface area contributed by atoms with Crippen LogP contribution in [0.25, 0.3) is 33.1 Å². The fourth-order valence-corrected chi connectivity index (χ4v) is 2.80. The van der Waals surface area contributed by atoms with E-state index in [9.17, 15) is 4.39 Å². The van der Waals surface area contributed by atoms with Crippen molar-refractivity contribution in [1.29, 1.82) is 0 Å². The molecule has 4 heteroatoms. The van der Waals surface area contributed by atoms with Gasteiger partial charge in [-0.15, -0.1) is 0 Å². The Morgan fingerprint density at radius 1 is 1.00 bits per heavy atom. The van der Waals surface area contributed by atoms with Crippen LogP contribution in [-0.4, -0.2) is 9.97 Å². The molecule has 0 aliphatic heterocycles. The molecule has 0 saturated heterocycles. The number of hydrogen-bond donors (Lipinski definition) is 1. The number of H-pyrrole nitrogens is 1. The zero-order chi connectivity index (χ0) is 14.4. The summed E-state index contributed by atoms with van der Waals surface area (Å²) in [5, 5.41) is 2.03. The Kier molecular flexibility index (Phi) is 2.69. The highest BCUT2D eigenvalue weighted by Gasteiger charge is 2.14. The van der Waals surface area contributed by atoms with Gasteiger partial charge < -0.3 is 4.98 Å². The third-order valence-corrected chi connectivity index (χ3v) is 3.92. The SMILES string of the molecule is Fc1ccc(Cl)c2[nH]cc(-c3ccc4ccccc4n3)c12. The number of aromatic amines is 1. The smallest absolute Gasteiger partial charge is 0.133 e.